The highest BCUT2D eigenvalue weighted by molar-refractivity contribution is 7.47. The fourth-order valence-corrected chi connectivity index (χ4v) is 8.83. The molecule has 0 aromatic carbocycles. The summed E-state index contributed by atoms with van der Waals surface area (Å²) < 4.78 is 23.6. The summed E-state index contributed by atoms with van der Waals surface area (Å²) in [5.41, 5.74) is 0. The Bertz CT molecular complexity index is 1080. The first-order chi connectivity index (χ1) is 30.5. The molecule has 0 aromatic rings. The van der Waals surface area contributed by atoms with Crippen LogP contribution in [0.15, 0.2) is 24.3 Å². The van der Waals surface area contributed by atoms with Crippen molar-refractivity contribution in [1.29, 1.82) is 0 Å². The van der Waals surface area contributed by atoms with E-state index in [9.17, 15) is 19.4 Å². The van der Waals surface area contributed by atoms with Crippen LogP contribution < -0.4 is 5.32 Å². The number of quaternary nitrogens is 1. The number of phosphoric acid groups is 1. The topological polar surface area (TPSA) is 105 Å². The van der Waals surface area contributed by atoms with Crippen LogP contribution in [0, 0.1) is 0 Å². The molecule has 0 bridgehead atoms. The highest BCUT2D eigenvalue weighted by atomic mass is 31.2. The number of phosphoric ester groups is 1. The first-order valence-electron chi connectivity index (χ1n) is 27.2. The minimum atomic E-state index is -4.34. The number of aliphatic hydroxyl groups is 1. The lowest BCUT2D eigenvalue weighted by Crippen LogP contribution is -2.45. The number of nitrogens with one attached hydrogen (secondary N) is 1. The van der Waals surface area contributed by atoms with Gasteiger partial charge in [-0.15, -0.1) is 0 Å². The van der Waals surface area contributed by atoms with Gasteiger partial charge in [0.15, 0.2) is 0 Å². The summed E-state index contributed by atoms with van der Waals surface area (Å²) in [7, 11) is 1.58. The van der Waals surface area contributed by atoms with Gasteiger partial charge in [0, 0.05) is 6.42 Å². The Kier molecular flexibility index (Phi) is 45.4. The monoisotopic (exact) mass is 912 g/mol. The fourth-order valence-electron chi connectivity index (χ4n) is 8.10. The number of likely N-dealkylation sites (N-methyl/N-ethyl adjacent to an activating group) is 1. The van der Waals surface area contributed by atoms with Crippen molar-refractivity contribution < 1.29 is 32.9 Å². The molecule has 3 atom stereocenters. The predicted molar refractivity (Wildman–Crippen MR) is 272 cm³/mol. The minimum Gasteiger partial charge on any atom is -0.387 e. The second-order valence-corrected chi connectivity index (χ2v) is 21.4. The summed E-state index contributed by atoms with van der Waals surface area (Å²) in [5, 5.41) is 13.9. The number of carbonyl (C=O) groups excluding carboxylic acids is 1. The number of carbonyl (C=O) groups is 1. The Balaban J connectivity index is 4.14. The predicted octanol–water partition coefficient (Wildman–Crippen LogP) is 16.0. The standard InChI is InChI=1S/C54H107N2O6P/c1-6-8-10-12-14-16-18-20-22-23-24-25-26-27-28-29-30-31-32-33-34-36-38-40-42-44-46-48-54(58)55-52(51-62-63(59,60)61-50-49-56(3,4)5)53(57)47-45-43-41-39-37-35-21-19-17-15-13-11-9-7-2/h27-28,45,47,52-53,57H,6-26,29-44,46,48-51H2,1-5H3,(H-,55,58,59,60)/p+1/b28-27-,47-45+. The van der Waals surface area contributed by atoms with E-state index in [1.54, 1.807) is 6.08 Å². The van der Waals surface area contributed by atoms with E-state index in [4.69, 9.17) is 9.05 Å². The van der Waals surface area contributed by atoms with Crippen LogP contribution in [0.2, 0.25) is 0 Å². The van der Waals surface area contributed by atoms with E-state index in [-0.39, 0.29) is 19.1 Å². The van der Waals surface area contributed by atoms with Crippen LogP contribution in [0.4, 0.5) is 0 Å². The number of allylic oxidation sites excluding steroid dienone is 3. The summed E-state index contributed by atoms with van der Waals surface area (Å²) in [6.07, 6.45) is 57.0. The van der Waals surface area contributed by atoms with Crippen LogP contribution in [-0.4, -0.2) is 73.4 Å². The molecule has 374 valence electrons. The molecule has 3 unspecified atom stereocenters. The van der Waals surface area contributed by atoms with Gasteiger partial charge in [-0.05, 0) is 44.9 Å². The number of unbranched alkanes of at least 4 members (excludes halogenated alkanes) is 35. The Labute approximate surface area is 392 Å². The Hall–Kier alpha value is -1.02. The van der Waals surface area contributed by atoms with E-state index >= 15 is 0 Å². The van der Waals surface area contributed by atoms with Gasteiger partial charge in [-0.1, -0.05) is 237 Å². The first-order valence-corrected chi connectivity index (χ1v) is 28.7. The van der Waals surface area contributed by atoms with Crippen LogP contribution in [0.5, 0.6) is 0 Å². The van der Waals surface area contributed by atoms with Gasteiger partial charge in [0.05, 0.1) is 39.9 Å². The molecule has 0 aromatic heterocycles. The SMILES string of the molecule is CCCCCCCCCCCCCC/C=C\CCCCCCCCCCCCCC(=O)NC(COP(=O)(O)OCC[N+](C)(C)C)C(O)/C=C/CCCCCCCCCCCCCC. The molecule has 0 fully saturated rings. The van der Waals surface area contributed by atoms with Gasteiger partial charge in [0.25, 0.3) is 0 Å². The van der Waals surface area contributed by atoms with Crippen LogP contribution >= 0.6 is 7.82 Å². The van der Waals surface area contributed by atoms with Crippen molar-refractivity contribution in [2.24, 2.45) is 0 Å². The minimum absolute atomic E-state index is 0.0629. The van der Waals surface area contributed by atoms with Crippen molar-refractivity contribution in [3.8, 4) is 0 Å². The second-order valence-electron chi connectivity index (χ2n) is 20.0. The van der Waals surface area contributed by atoms with E-state index in [1.807, 2.05) is 27.2 Å². The quantitative estimate of drug-likeness (QED) is 0.0243. The molecule has 0 saturated heterocycles. The maximum Gasteiger partial charge on any atom is 0.472 e. The Morgan fingerprint density at radius 1 is 0.524 bits per heavy atom. The Morgan fingerprint density at radius 3 is 1.22 bits per heavy atom. The third kappa shape index (κ3) is 48.7. The molecule has 0 rings (SSSR count). The highest BCUT2D eigenvalue weighted by Crippen LogP contribution is 2.43. The molecule has 0 radical (unpaired) electrons. The smallest absolute Gasteiger partial charge is 0.387 e. The molecule has 3 N–H and O–H groups in total. The third-order valence-corrected chi connectivity index (χ3v) is 13.4. The fraction of sp³-hybridized carbons (Fsp3) is 0.907. The highest BCUT2D eigenvalue weighted by Gasteiger charge is 2.27. The molecule has 0 spiro atoms. The summed E-state index contributed by atoms with van der Waals surface area (Å²) in [6, 6.07) is -0.844. The first kappa shape index (κ1) is 62.0. The molecule has 0 aliphatic rings. The molecule has 63 heavy (non-hydrogen) atoms. The van der Waals surface area contributed by atoms with Crippen molar-refractivity contribution >= 4 is 13.7 Å². The lowest BCUT2D eigenvalue weighted by Gasteiger charge is -2.25. The van der Waals surface area contributed by atoms with Crippen LogP contribution in [0.1, 0.15) is 264 Å². The number of rotatable bonds is 50. The molecule has 0 saturated carbocycles. The van der Waals surface area contributed by atoms with E-state index < -0.39 is 20.0 Å². The summed E-state index contributed by atoms with van der Waals surface area (Å²) in [5.74, 6) is -0.175. The normalized spacial score (nSPS) is 14.2. The number of hydrogen-bond donors (Lipinski definition) is 3. The van der Waals surface area contributed by atoms with E-state index in [0.717, 1.165) is 38.5 Å². The third-order valence-electron chi connectivity index (χ3n) is 12.4. The van der Waals surface area contributed by atoms with Gasteiger partial charge >= 0.3 is 7.82 Å². The molecular weight excluding hydrogens is 804 g/mol. The van der Waals surface area contributed by atoms with Crippen LogP contribution in [0.25, 0.3) is 0 Å². The number of aliphatic hydroxyl groups excluding tert-OH is 1. The van der Waals surface area contributed by atoms with Crippen LogP contribution in [0.3, 0.4) is 0 Å². The van der Waals surface area contributed by atoms with Crippen molar-refractivity contribution in [3.63, 3.8) is 0 Å². The van der Waals surface area contributed by atoms with Crippen molar-refractivity contribution in [1.82, 2.24) is 5.32 Å². The molecule has 1 amide bonds. The van der Waals surface area contributed by atoms with E-state index in [1.165, 1.54) is 205 Å². The van der Waals surface area contributed by atoms with Crippen molar-refractivity contribution in [2.45, 2.75) is 276 Å². The van der Waals surface area contributed by atoms with Crippen molar-refractivity contribution in [3.05, 3.63) is 24.3 Å². The number of nitrogens with zero attached hydrogens (tertiary/aromatic N) is 1. The van der Waals surface area contributed by atoms with Gasteiger partial charge < -0.3 is 19.8 Å². The molecular formula is C54H108N2O6P+. The average Bonchev–Trinajstić information content (AvgIpc) is 3.24. The maximum absolute atomic E-state index is 12.9. The number of amides is 1. The van der Waals surface area contributed by atoms with Gasteiger partial charge in [0.1, 0.15) is 13.2 Å². The lowest BCUT2D eigenvalue weighted by molar-refractivity contribution is -0.870. The second kappa shape index (κ2) is 46.1. The molecule has 0 aliphatic heterocycles. The molecule has 0 heterocycles. The summed E-state index contributed by atoms with van der Waals surface area (Å²) in [4.78, 5) is 23.2. The summed E-state index contributed by atoms with van der Waals surface area (Å²) in [6.45, 7) is 4.84. The van der Waals surface area contributed by atoms with Crippen LogP contribution in [-0.2, 0) is 18.4 Å². The Morgan fingerprint density at radius 2 is 0.857 bits per heavy atom. The summed E-state index contributed by atoms with van der Waals surface area (Å²) >= 11 is 0. The largest absolute Gasteiger partial charge is 0.472 e. The van der Waals surface area contributed by atoms with E-state index in [2.05, 4.69) is 31.3 Å². The average molecular weight is 912 g/mol. The zero-order valence-electron chi connectivity index (χ0n) is 42.6. The lowest BCUT2D eigenvalue weighted by atomic mass is 10.0. The number of hydrogen-bond acceptors (Lipinski definition) is 5. The van der Waals surface area contributed by atoms with Gasteiger partial charge in [-0.3, -0.25) is 13.8 Å². The van der Waals surface area contributed by atoms with E-state index in [0.29, 0.717) is 17.4 Å². The van der Waals surface area contributed by atoms with Crippen molar-refractivity contribution in [2.75, 3.05) is 40.9 Å². The van der Waals surface area contributed by atoms with Gasteiger partial charge in [-0.2, -0.15) is 0 Å². The van der Waals surface area contributed by atoms with Gasteiger partial charge in [-0.25, -0.2) is 4.57 Å². The zero-order valence-corrected chi connectivity index (χ0v) is 43.5. The molecule has 9 heteroatoms. The van der Waals surface area contributed by atoms with Gasteiger partial charge in [0.2, 0.25) is 5.91 Å². The maximum atomic E-state index is 12.9. The molecule has 0 aliphatic carbocycles. The molecule has 8 nitrogen and oxygen atoms in total. The zero-order chi connectivity index (χ0) is 46.4.